The molecule has 0 aliphatic heterocycles. The van der Waals surface area contributed by atoms with Crippen LogP contribution in [0.4, 0.5) is 0 Å². The molecule has 0 spiro atoms. The zero-order valence-electron chi connectivity index (χ0n) is 7.72. The van der Waals surface area contributed by atoms with Crippen LogP contribution in [0.5, 0.6) is 0 Å². The van der Waals surface area contributed by atoms with Gasteiger partial charge in [0.05, 0.1) is 0 Å². The van der Waals surface area contributed by atoms with Crippen molar-refractivity contribution in [1.29, 1.82) is 0 Å². The highest BCUT2D eigenvalue weighted by atomic mass is 16.1. The summed E-state index contributed by atoms with van der Waals surface area (Å²) < 4.78 is 0. The largest absolute Gasteiger partial charge is 0.300 e. The highest BCUT2D eigenvalue weighted by Gasteiger charge is 2.24. The van der Waals surface area contributed by atoms with Gasteiger partial charge in [-0.25, -0.2) is 0 Å². The van der Waals surface area contributed by atoms with Crippen LogP contribution in [0.15, 0.2) is 0 Å². The van der Waals surface area contributed by atoms with Gasteiger partial charge in [-0.1, -0.05) is 38.5 Å². The Bertz CT molecular complexity index is 148. The van der Waals surface area contributed by atoms with E-state index in [1.165, 1.54) is 38.5 Å². The van der Waals surface area contributed by atoms with Crippen LogP contribution < -0.4 is 0 Å². The molecule has 0 atom stereocenters. The molecular weight excluding hydrogens is 148 g/mol. The summed E-state index contributed by atoms with van der Waals surface area (Å²) in [4.78, 5) is 11.4. The second-order valence-electron chi connectivity index (χ2n) is 4.54. The number of carbonyl (C=O) groups is 1. The number of carbonyl (C=O) groups excluding carboxylic acids is 1. The monoisotopic (exact) mass is 166 g/mol. The first-order valence-corrected chi connectivity index (χ1v) is 5.36. The minimum Gasteiger partial charge on any atom is -0.300 e. The van der Waals surface area contributed by atoms with Crippen molar-refractivity contribution in [3.63, 3.8) is 0 Å². The van der Waals surface area contributed by atoms with Crippen molar-refractivity contribution >= 4 is 5.78 Å². The third kappa shape index (κ3) is 1.88. The van der Waals surface area contributed by atoms with Gasteiger partial charge < -0.3 is 0 Å². The Labute approximate surface area is 74.5 Å². The zero-order chi connectivity index (χ0) is 8.39. The maximum Gasteiger partial charge on any atom is 0.133 e. The average molecular weight is 166 g/mol. The van der Waals surface area contributed by atoms with Crippen molar-refractivity contribution < 1.29 is 4.79 Å². The van der Waals surface area contributed by atoms with Crippen molar-refractivity contribution in [2.75, 3.05) is 0 Å². The van der Waals surface area contributed by atoms with Gasteiger partial charge in [0.15, 0.2) is 0 Å². The van der Waals surface area contributed by atoms with E-state index in [1.807, 2.05) is 0 Å². The number of hydrogen-bond donors (Lipinski definition) is 0. The van der Waals surface area contributed by atoms with Gasteiger partial charge in [-0.2, -0.15) is 0 Å². The van der Waals surface area contributed by atoms with E-state index in [2.05, 4.69) is 0 Å². The maximum absolute atomic E-state index is 11.4. The lowest BCUT2D eigenvalue weighted by atomic mass is 9.77. The molecule has 2 rings (SSSR count). The second-order valence-corrected chi connectivity index (χ2v) is 4.54. The predicted molar refractivity (Wildman–Crippen MR) is 48.9 cm³/mol. The van der Waals surface area contributed by atoms with Crippen LogP contribution in [0.2, 0.25) is 0 Å². The molecule has 0 saturated heterocycles. The molecule has 12 heavy (non-hydrogen) atoms. The molecule has 68 valence electrons. The van der Waals surface area contributed by atoms with Crippen LogP contribution in [-0.2, 0) is 4.79 Å². The fourth-order valence-corrected chi connectivity index (χ4v) is 2.12. The molecule has 2 aliphatic rings. The summed E-state index contributed by atoms with van der Waals surface area (Å²) in [6.07, 6.45) is 9.79. The SMILES string of the molecule is O=C(CC1CCC1)CC1CCC1. The van der Waals surface area contributed by atoms with Crippen LogP contribution in [0.3, 0.4) is 0 Å². The van der Waals surface area contributed by atoms with E-state index in [0.717, 1.165) is 24.7 Å². The molecule has 2 saturated carbocycles. The van der Waals surface area contributed by atoms with Crippen molar-refractivity contribution in [3.05, 3.63) is 0 Å². The lowest BCUT2D eigenvalue weighted by Gasteiger charge is -2.28. The molecule has 1 heteroatoms. The van der Waals surface area contributed by atoms with Crippen molar-refractivity contribution in [3.8, 4) is 0 Å². The van der Waals surface area contributed by atoms with E-state index in [-0.39, 0.29) is 0 Å². The molecule has 0 aromatic carbocycles. The average Bonchev–Trinajstić information content (AvgIpc) is 1.89. The summed E-state index contributed by atoms with van der Waals surface area (Å²) in [5.74, 6) is 2.10. The van der Waals surface area contributed by atoms with Gasteiger partial charge in [0.25, 0.3) is 0 Å². The van der Waals surface area contributed by atoms with E-state index in [4.69, 9.17) is 0 Å². The van der Waals surface area contributed by atoms with Gasteiger partial charge >= 0.3 is 0 Å². The van der Waals surface area contributed by atoms with Gasteiger partial charge in [0.1, 0.15) is 5.78 Å². The topological polar surface area (TPSA) is 17.1 Å². The number of ketones is 1. The van der Waals surface area contributed by atoms with Crippen LogP contribution in [-0.4, -0.2) is 5.78 Å². The molecule has 2 fully saturated rings. The maximum atomic E-state index is 11.4. The summed E-state index contributed by atoms with van der Waals surface area (Å²) in [5, 5.41) is 0. The number of Topliss-reactive ketones (excluding diaryl/α,β-unsaturated/α-hetero) is 1. The van der Waals surface area contributed by atoms with Gasteiger partial charge in [-0.15, -0.1) is 0 Å². The lowest BCUT2D eigenvalue weighted by molar-refractivity contribution is -0.122. The molecule has 0 radical (unpaired) electrons. The normalized spacial score (nSPS) is 24.7. The van der Waals surface area contributed by atoms with Crippen molar-refractivity contribution in [2.24, 2.45) is 11.8 Å². The molecule has 0 bridgehead atoms. The molecule has 0 N–H and O–H groups in total. The highest BCUT2D eigenvalue weighted by Crippen LogP contribution is 2.33. The fourth-order valence-electron chi connectivity index (χ4n) is 2.12. The first-order chi connectivity index (χ1) is 5.84. The Balaban J connectivity index is 1.62. The molecule has 0 heterocycles. The van der Waals surface area contributed by atoms with Gasteiger partial charge in [-0.3, -0.25) is 4.79 Å². The third-order valence-electron chi connectivity index (χ3n) is 3.48. The Morgan fingerprint density at radius 3 is 1.58 bits per heavy atom. The minimum atomic E-state index is 0.546. The number of hydrogen-bond acceptors (Lipinski definition) is 1. The van der Waals surface area contributed by atoms with E-state index in [9.17, 15) is 4.79 Å². The quantitative estimate of drug-likeness (QED) is 0.627. The van der Waals surface area contributed by atoms with Gasteiger partial charge in [0, 0.05) is 12.8 Å². The molecule has 0 amide bonds. The summed E-state index contributed by atoms with van der Waals surface area (Å²) in [6.45, 7) is 0. The Hall–Kier alpha value is -0.330. The second kappa shape index (κ2) is 3.59. The Kier molecular flexibility index (Phi) is 2.48. The summed E-state index contributed by atoms with van der Waals surface area (Å²) in [7, 11) is 0. The first kappa shape index (κ1) is 8.28. The number of rotatable bonds is 4. The van der Waals surface area contributed by atoms with Crippen LogP contribution in [0.25, 0.3) is 0 Å². The Morgan fingerprint density at radius 2 is 1.33 bits per heavy atom. The molecule has 2 aliphatic carbocycles. The van der Waals surface area contributed by atoms with Crippen molar-refractivity contribution in [1.82, 2.24) is 0 Å². The Morgan fingerprint density at radius 1 is 0.917 bits per heavy atom. The van der Waals surface area contributed by atoms with Gasteiger partial charge in [-0.05, 0) is 11.8 Å². The highest BCUT2D eigenvalue weighted by molar-refractivity contribution is 5.79. The van der Waals surface area contributed by atoms with Crippen molar-refractivity contribution in [2.45, 2.75) is 51.4 Å². The molecule has 0 aromatic rings. The lowest BCUT2D eigenvalue weighted by Crippen LogP contribution is -2.20. The summed E-state index contributed by atoms with van der Waals surface area (Å²) in [5.41, 5.74) is 0. The molecular formula is C11H18O. The van der Waals surface area contributed by atoms with E-state index in [1.54, 1.807) is 0 Å². The molecule has 0 unspecified atom stereocenters. The fraction of sp³-hybridized carbons (Fsp3) is 0.909. The van der Waals surface area contributed by atoms with E-state index >= 15 is 0 Å². The minimum absolute atomic E-state index is 0.546. The van der Waals surface area contributed by atoms with Crippen LogP contribution in [0.1, 0.15) is 51.4 Å². The molecule has 1 nitrogen and oxygen atoms in total. The predicted octanol–water partition coefficient (Wildman–Crippen LogP) is 2.94. The van der Waals surface area contributed by atoms with Crippen LogP contribution in [0, 0.1) is 11.8 Å². The molecule has 0 aromatic heterocycles. The first-order valence-electron chi connectivity index (χ1n) is 5.36. The van der Waals surface area contributed by atoms with E-state index < -0.39 is 0 Å². The standard InChI is InChI=1S/C11H18O/c12-11(7-9-3-1-4-9)8-10-5-2-6-10/h9-10H,1-8H2. The summed E-state index contributed by atoms with van der Waals surface area (Å²) in [6, 6.07) is 0. The third-order valence-corrected chi connectivity index (χ3v) is 3.48. The zero-order valence-corrected chi connectivity index (χ0v) is 7.72. The van der Waals surface area contributed by atoms with E-state index in [0.29, 0.717) is 5.78 Å². The summed E-state index contributed by atoms with van der Waals surface area (Å²) >= 11 is 0. The van der Waals surface area contributed by atoms with Crippen LogP contribution >= 0.6 is 0 Å². The van der Waals surface area contributed by atoms with Gasteiger partial charge in [0.2, 0.25) is 0 Å². The smallest absolute Gasteiger partial charge is 0.133 e.